The summed E-state index contributed by atoms with van der Waals surface area (Å²) in [6.07, 6.45) is 7.92. The van der Waals surface area contributed by atoms with Crippen molar-refractivity contribution in [2.24, 2.45) is 17.8 Å². The minimum atomic E-state index is -0.850. The molecule has 2 aliphatic rings. The predicted octanol–water partition coefficient (Wildman–Crippen LogP) is 3.13. The summed E-state index contributed by atoms with van der Waals surface area (Å²) in [5.74, 6) is -1.16. The van der Waals surface area contributed by atoms with Crippen LogP contribution in [0.5, 0.6) is 0 Å². The third-order valence-corrected chi connectivity index (χ3v) is 5.36. The molecule has 1 aliphatic heterocycles. The van der Waals surface area contributed by atoms with E-state index in [1.165, 1.54) is 5.56 Å². The van der Waals surface area contributed by atoms with Crippen LogP contribution >= 0.6 is 0 Å². The van der Waals surface area contributed by atoms with Gasteiger partial charge in [0, 0.05) is 13.1 Å². The fourth-order valence-corrected chi connectivity index (χ4v) is 3.90. The molecule has 0 unspecified atom stereocenters. The highest BCUT2D eigenvalue weighted by molar-refractivity contribution is 5.85. The van der Waals surface area contributed by atoms with Gasteiger partial charge in [0.15, 0.2) is 0 Å². The average Bonchev–Trinajstić information content (AvgIpc) is 2.62. The van der Waals surface area contributed by atoms with Crippen molar-refractivity contribution in [2.75, 3.05) is 13.1 Å². The standard InChI is InChI=1S/C20H25NO3/c22-19(17-8-4-5-9-18(17)20(23)24)21-12-10-16(11-13-21)14-15-6-2-1-3-7-15/h1-7,16-18H,8-14H2,(H,23,24)/t17-,18+/m1/s1. The van der Waals surface area contributed by atoms with Crippen molar-refractivity contribution in [3.63, 3.8) is 0 Å². The van der Waals surface area contributed by atoms with Gasteiger partial charge >= 0.3 is 5.97 Å². The smallest absolute Gasteiger partial charge is 0.307 e. The summed E-state index contributed by atoms with van der Waals surface area (Å²) in [4.78, 5) is 26.1. The first kappa shape index (κ1) is 16.7. The molecule has 1 heterocycles. The second-order valence-electron chi connectivity index (χ2n) is 6.95. The maximum Gasteiger partial charge on any atom is 0.307 e. The number of carbonyl (C=O) groups is 2. The lowest BCUT2D eigenvalue weighted by atomic mass is 9.81. The molecule has 1 aromatic carbocycles. The highest BCUT2D eigenvalue weighted by Gasteiger charge is 2.37. The van der Waals surface area contributed by atoms with Gasteiger partial charge in [-0.2, -0.15) is 0 Å². The number of piperidine rings is 1. The summed E-state index contributed by atoms with van der Waals surface area (Å²) in [5.41, 5.74) is 1.35. The van der Waals surface area contributed by atoms with Crippen molar-refractivity contribution in [1.29, 1.82) is 0 Å². The van der Waals surface area contributed by atoms with Gasteiger partial charge in [0.05, 0.1) is 11.8 Å². The summed E-state index contributed by atoms with van der Waals surface area (Å²) in [6.45, 7) is 1.51. The molecule has 1 aliphatic carbocycles. The number of carboxylic acids is 1. The molecule has 1 amide bonds. The van der Waals surface area contributed by atoms with E-state index in [-0.39, 0.29) is 5.91 Å². The van der Waals surface area contributed by atoms with Gasteiger partial charge in [0.1, 0.15) is 0 Å². The highest BCUT2D eigenvalue weighted by Crippen LogP contribution is 2.30. The minimum absolute atomic E-state index is 0.0323. The molecule has 3 rings (SSSR count). The number of hydrogen-bond acceptors (Lipinski definition) is 2. The summed E-state index contributed by atoms with van der Waals surface area (Å²) >= 11 is 0. The number of nitrogens with zero attached hydrogens (tertiary/aromatic N) is 1. The van der Waals surface area contributed by atoms with E-state index in [9.17, 15) is 14.7 Å². The molecule has 1 aromatic rings. The summed E-state index contributed by atoms with van der Waals surface area (Å²) in [5, 5.41) is 9.36. The number of carboxylic acid groups (broad SMARTS) is 1. The molecule has 1 N–H and O–H groups in total. The van der Waals surface area contributed by atoms with Gasteiger partial charge in [-0.15, -0.1) is 0 Å². The summed E-state index contributed by atoms with van der Waals surface area (Å²) in [7, 11) is 0. The zero-order valence-corrected chi connectivity index (χ0v) is 13.9. The normalized spacial score (nSPS) is 24.8. The van der Waals surface area contributed by atoms with E-state index in [4.69, 9.17) is 0 Å². The van der Waals surface area contributed by atoms with Gasteiger partial charge in [-0.05, 0) is 43.6 Å². The molecule has 128 valence electrons. The van der Waals surface area contributed by atoms with Crippen molar-refractivity contribution >= 4 is 11.9 Å². The lowest BCUT2D eigenvalue weighted by molar-refractivity contribution is -0.151. The first-order valence-electron chi connectivity index (χ1n) is 8.85. The van der Waals surface area contributed by atoms with Crippen LogP contribution < -0.4 is 0 Å². The number of likely N-dealkylation sites (tertiary alicyclic amines) is 1. The maximum atomic E-state index is 12.8. The van der Waals surface area contributed by atoms with Crippen molar-refractivity contribution in [3.8, 4) is 0 Å². The Hall–Kier alpha value is -2.10. The largest absolute Gasteiger partial charge is 0.481 e. The van der Waals surface area contributed by atoms with Crippen LogP contribution in [0.15, 0.2) is 42.5 Å². The monoisotopic (exact) mass is 327 g/mol. The minimum Gasteiger partial charge on any atom is -0.481 e. The molecule has 0 saturated carbocycles. The summed E-state index contributed by atoms with van der Waals surface area (Å²) in [6, 6.07) is 10.5. The Bertz CT molecular complexity index is 603. The number of amides is 1. The molecule has 24 heavy (non-hydrogen) atoms. The SMILES string of the molecule is O=C(O)[C@H]1CC=CC[C@H]1C(=O)N1CCC(Cc2ccccc2)CC1. The Morgan fingerprint density at radius 1 is 1.00 bits per heavy atom. The number of aliphatic carboxylic acids is 1. The molecule has 0 bridgehead atoms. The topological polar surface area (TPSA) is 57.6 Å². The van der Waals surface area contributed by atoms with Crippen LogP contribution in [0.2, 0.25) is 0 Å². The van der Waals surface area contributed by atoms with E-state index >= 15 is 0 Å². The predicted molar refractivity (Wildman–Crippen MR) is 92.4 cm³/mol. The van der Waals surface area contributed by atoms with Gasteiger partial charge in [0.2, 0.25) is 5.91 Å². The Morgan fingerprint density at radius 2 is 1.62 bits per heavy atom. The third kappa shape index (κ3) is 3.86. The van der Waals surface area contributed by atoms with Crippen LogP contribution in [-0.2, 0) is 16.0 Å². The second-order valence-corrected chi connectivity index (χ2v) is 6.95. The molecule has 0 radical (unpaired) electrons. The first-order chi connectivity index (χ1) is 11.6. The van der Waals surface area contributed by atoms with Crippen molar-refractivity contribution in [2.45, 2.75) is 32.1 Å². The zero-order valence-electron chi connectivity index (χ0n) is 13.9. The lowest BCUT2D eigenvalue weighted by Crippen LogP contribution is -2.45. The molecule has 1 saturated heterocycles. The van der Waals surface area contributed by atoms with Crippen molar-refractivity contribution in [3.05, 3.63) is 48.0 Å². The molecule has 4 nitrogen and oxygen atoms in total. The van der Waals surface area contributed by atoms with Gasteiger partial charge in [-0.25, -0.2) is 0 Å². The molecule has 0 spiro atoms. The molecular formula is C20H25NO3. The first-order valence-corrected chi connectivity index (χ1v) is 8.85. The van der Waals surface area contributed by atoms with Crippen LogP contribution in [0.3, 0.4) is 0 Å². The van der Waals surface area contributed by atoms with Gasteiger partial charge in [-0.3, -0.25) is 9.59 Å². The number of carbonyl (C=O) groups excluding carboxylic acids is 1. The van der Waals surface area contributed by atoms with E-state index in [0.717, 1.165) is 32.4 Å². The Kier molecular flexibility index (Phi) is 5.34. The number of benzene rings is 1. The van der Waals surface area contributed by atoms with Crippen LogP contribution in [0.25, 0.3) is 0 Å². The van der Waals surface area contributed by atoms with E-state index < -0.39 is 17.8 Å². The quantitative estimate of drug-likeness (QED) is 0.864. The molecule has 1 fully saturated rings. The second kappa shape index (κ2) is 7.65. The molecule has 2 atom stereocenters. The number of hydrogen-bond donors (Lipinski definition) is 1. The third-order valence-electron chi connectivity index (χ3n) is 5.36. The van der Waals surface area contributed by atoms with Crippen LogP contribution in [0.1, 0.15) is 31.2 Å². The van der Waals surface area contributed by atoms with Crippen molar-refractivity contribution in [1.82, 2.24) is 4.90 Å². The fourth-order valence-electron chi connectivity index (χ4n) is 3.90. The Labute approximate surface area is 143 Å². The Morgan fingerprint density at radius 3 is 2.25 bits per heavy atom. The summed E-state index contributed by atoms with van der Waals surface area (Å²) < 4.78 is 0. The van der Waals surface area contributed by atoms with Gasteiger partial charge < -0.3 is 10.0 Å². The van der Waals surface area contributed by atoms with Crippen LogP contribution in [-0.4, -0.2) is 35.0 Å². The zero-order chi connectivity index (χ0) is 16.9. The molecule has 4 heteroatoms. The number of rotatable bonds is 4. The van der Waals surface area contributed by atoms with E-state index in [0.29, 0.717) is 18.8 Å². The van der Waals surface area contributed by atoms with Crippen LogP contribution in [0.4, 0.5) is 0 Å². The van der Waals surface area contributed by atoms with Crippen LogP contribution in [0, 0.1) is 17.8 Å². The van der Waals surface area contributed by atoms with E-state index in [2.05, 4.69) is 24.3 Å². The van der Waals surface area contributed by atoms with E-state index in [1.54, 1.807) is 0 Å². The lowest BCUT2D eigenvalue weighted by Gasteiger charge is -2.36. The number of allylic oxidation sites excluding steroid dienone is 2. The highest BCUT2D eigenvalue weighted by atomic mass is 16.4. The maximum absolute atomic E-state index is 12.8. The molecular weight excluding hydrogens is 302 g/mol. The van der Waals surface area contributed by atoms with Gasteiger partial charge in [-0.1, -0.05) is 42.5 Å². The van der Waals surface area contributed by atoms with E-state index in [1.807, 2.05) is 23.1 Å². The van der Waals surface area contributed by atoms with Crippen molar-refractivity contribution < 1.29 is 14.7 Å². The average molecular weight is 327 g/mol. The fraction of sp³-hybridized carbons (Fsp3) is 0.500. The molecule has 0 aromatic heterocycles. The Balaban J connectivity index is 1.55. The van der Waals surface area contributed by atoms with Gasteiger partial charge in [0.25, 0.3) is 0 Å².